The van der Waals surface area contributed by atoms with Crippen molar-refractivity contribution in [2.45, 2.75) is 73.0 Å². The van der Waals surface area contributed by atoms with Crippen LogP contribution in [0.3, 0.4) is 0 Å². The van der Waals surface area contributed by atoms with Crippen LogP contribution in [0.4, 0.5) is 9.59 Å². The molecule has 11 heteroatoms. The average Bonchev–Trinajstić information content (AvgIpc) is 2.85. The number of carbonyl (C=O) groups excluding carboxylic acids is 4. The van der Waals surface area contributed by atoms with Crippen LogP contribution in [0.2, 0.25) is 0 Å². The minimum absolute atomic E-state index is 0.0256. The molecule has 208 valence electrons. The van der Waals surface area contributed by atoms with Gasteiger partial charge in [-0.15, -0.1) is 0 Å². The van der Waals surface area contributed by atoms with Crippen LogP contribution in [0.5, 0.6) is 11.5 Å². The van der Waals surface area contributed by atoms with Gasteiger partial charge in [0.1, 0.15) is 18.8 Å². The van der Waals surface area contributed by atoms with Gasteiger partial charge in [0, 0.05) is 6.92 Å². The summed E-state index contributed by atoms with van der Waals surface area (Å²) in [5.41, 5.74) is 6.47. The molecule has 0 aromatic heterocycles. The largest absolute Gasteiger partial charge is 0.513 e. The SMILES string of the molecule is CCC(C)COC(=O)Oc1ccc(C[C@H](N)C(=O)OC[C@H](C)OC(C)=O)cc1OC(=O)OCC(C)CC. The van der Waals surface area contributed by atoms with Gasteiger partial charge in [-0.25, -0.2) is 9.59 Å². The molecular formula is C26H39NO10. The van der Waals surface area contributed by atoms with Crippen molar-refractivity contribution in [1.29, 1.82) is 0 Å². The highest BCUT2D eigenvalue weighted by Gasteiger charge is 2.21. The van der Waals surface area contributed by atoms with Crippen LogP contribution >= 0.6 is 0 Å². The molecular weight excluding hydrogens is 486 g/mol. The second kappa shape index (κ2) is 16.4. The van der Waals surface area contributed by atoms with E-state index in [1.165, 1.54) is 19.1 Å². The molecule has 0 bridgehead atoms. The van der Waals surface area contributed by atoms with Crippen LogP contribution in [0, 0.1) is 11.8 Å². The van der Waals surface area contributed by atoms with E-state index in [0.29, 0.717) is 5.56 Å². The lowest BCUT2D eigenvalue weighted by molar-refractivity contribution is -0.157. The average molecular weight is 526 g/mol. The Morgan fingerprint density at radius 3 is 1.86 bits per heavy atom. The van der Waals surface area contributed by atoms with Crippen molar-refractivity contribution in [2.75, 3.05) is 19.8 Å². The third-order valence-electron chi connectivity index (χ3n) is 5.35. The van der Waals surface area contributed by atoms with E-state index in [1.807, 2.05) is 27.7 Å². The second-order valence-electron chi connectivity index (χ2n) is 8.99. The van der Waals surface area contributed by atoms with E-state index in [0.717, 1.165) is 12.8 Å². The van der Waals surface area contributed by atoms with Crippen molar-refractivity contribution in [3.05, 3.63) is 23.8 Å². The first-order chi connectivity index (χ1) is 17.4. The van der Waals surface area contributed by atoms with Gasteiger partial charge in [0.05, 0.1) is 13.2 Å². The standard InChI is InChI=1S/C26H39NO10/c1-7-16(3)13-33-25(30)36-22-10-9-20(12-23(22)37-26(31)34-14-17(4)8-2)11-21(27)24(29)32-15-18(5)35-19(6)28/h9-10,12,16-18,21H,7-8,11,13-15,27H2,1-6H3/t16?,17?,18-,21-/m0/s1. The quantitative estimate of drug-likeness (QED) is 0.212. The normalized spacial score (nSPS) is 13.9. The zero-order chi connectivity index (χ0) is 28.0. The summed E-state index contributed by atoms with van der Waals surface area (Å²) in [5.74, 6) is -1.07. The topological polar surface area (TPSA) is 150 Å². The third kappa shape index (κ3) is 13.0. The van der Waals surface area contributed by atoms with E-state index < -0.39 is 36.4 Å². The number of carbonyl (C=O) groups is 4. The van der Waals surface area contributed by atoms with Crippen LogP contribution in [0.15, 0.2) is 18.2 Å². The van der Waals surface area contributed by atoms with Gasteiger partial charge in [-0.3, -0.25) is 9.59 Å². The molecule has 0 aliphatic rings. The summed E-state index contributed by atoms with van der Waals surface area (Å²) in [6.07, 6.45) is -0.882. The number of hydrogen-bond acceptors (Lipinski definition) is 11. The predicted molar refractivity (Wildman–Crippen MR) is 133 cm³/mol. The maximum atomic E-state index is 12.3. The molecule has 11 nitrogen and oxygen atoms in total. The van der Waals surface area contributed by atoms with Crippen molar-refractivity contribution in [3.63, 3.8) is 0 Å². The fourth-order valence-corrected chi connectivity index (χ4v) is 2.70. The minimum Gasteiger partial charge on any atom is -0.461 e. The highest BCUT2D eigenvalue weighted by molar-refractivity contribution is 5.76. The fourth-order valence-electron chi connectivity index (χ4n) is 2.70. The molecule has 1 aromatic rings. The van der Waals surface area contributed by atoms with Crippen molar-refractivity contribution < 1.29 is 47.6 Å². The van der Waals surface area contributed by atoms with E-state index in [-0.39, 0.29) is 49.6 Å². The third-order valence-corrected chi connectivity index (χ3v) is 5.35. The number of nitrogens with two attached hydrogens (primary N) is 1. The number of hydrogen-bond donors (Lipinski definition) is 1. The van der Waals surface area contributed by atoms with Crippen LogP contribution in [-0.2, 0) is 35.0 Å². The number of ether oxygens (including phenoxy) is 6. The zero-order valence-corrected chi connectivity index (χ0v) is 22.4. The highest BCUT2D eigenvalue weighted by atomic mass is 16.7. The molecule has 0 spiro atoms. The Kier molecular flexibility index (Phi) is 14.1. The summed E-state index contributed by atoms with van der Waals surface area (Å²) in [5, 5.41) is 0. The van der Waals surface area contributed by atoms with Crippen molar-refractivity contribution in [2.24, 2.45) is 17.6 Å². The van der Waals surface area contributed by atoms with E-state index in [4.69, 9.17) is 34.2 Å². The molecule has 0 fully saturated rings. The Hall–Kier alpha value is -3.34. The molecule has 0 saturated heterocycles. The fraction of sp³-hybridized carbons (Fsp3) is 0.615. The Balaban J connectivity index is 2.93. The minimum atomic E-state index is -1.05. The molecule has 0 radical (unpaired) electrons. The Labute approximate surface area is 217 Å². The van der Waals surface area contributed by atoms with E-state index >= 15 is 0 Å². The number of rotatable bonds is 14. The molecule has 0 aliphatic carbocycles. The molecule has 0 amide bonds. The molecule has 4 atom stereocenters. The lowest BCUT2D eigenvalue weighted by Crippen LogP contribution is -2.36. The summed E-state index contributed by atoms with van der Waals surface area (Å²) >= 11 is 0. The Morgan fingerprint density at radius 2 is 1.35 bits per heavy atom. The van der Waals surface area contributed by atoms with Crippen LogP contribution in [0.25, 0.3) is 0 Å². The Morgan fingerprint density at radius 1 is 0.811 bits per heavy atom. The second-order valence-corrected chi connectivity index (χ2v) is 8.99. The van der Waals surface area contributed by atoms with Crippen molar-refractivity contribution >= 4 is 24.2 Å². The van der Waals surface area contributed by atoms with Crippen LogP contribution < -0.4 is 15.2 Å². The van der Waals surface area contributed by atoms with Gasteiger partial charge < -0.3 is 34.2 Å². The first-order valence-corrected chi connectivity index (χ1v) is 12.4. The lowest BCUT2D eigenvalue weighted by Gasteiger charge is -2.16. The lowest BCUT2D eigenvalue weighted by atomic mass is 10.1. The molecule has 0 aliphatic heterocycles. The highest BCUT2D eigenvalue weighted by Crippen LogP contribution is 2.30. The van der Waals surface area contributed by atoms with E-state index in [9.17, 15) is 19.2 Å². The van der Waals surface area contributed by atoms with E-state index in [1.54, 1.807) is 13.0 Å². The van der Waals surface area contributed by atoms with Crippen LogP contribution in [-0.4, -0.2) is 56.2 Å². The van der Waals surface area contributed by atoms with Gasteiger partial charge in [-0.2, -0.15) is 0 Å². The summed E-state index contributed by atoms with van der Waals surface area (Å²) in [6, 6.07) is 3.32. The Bertz CT molecular complexity index is 903. The van der Waals surface area contributed by atoms with Gasteiger partial charge in [-0.05, 0) is 42.9 Å². The first-order valence-electron chi connectivity index (χ1n) is 12.4. The smallest absolute Gasteiger partial charge is 0.461 e. The molecule has 0 heterocycles. The number of esters is 2. The van der Waals surface area contributed by atoms with Crippen molar-refractivity contribution in [1.82, 2.24) is 0 Å². The summed E-state index contributed by atoms with van der Waals surface area (Å²) in [7, 11) is 0. The van der Waals surface area contributed by atoms with Gasteiger partial charge in [0.15, 0.2) is 11.5 Å². The molecule has 2 unspecified atom stereocenters. The van der Waals surface area contributed by atoms with Gasteiger partial charge in [0.2, 0.25) is 0 Å². The summed E-state index contributed by atoms with van der Waals surface area (Å²) in [4.78, 5) is 47.6. The molecule has 37 heavy (non-hydrogen) atoms. The van der Waals surface area contributed by atoms with E-state index in [2.05, 4.69) is 0 Å². The number of benzene rings is 1. The van der Waals surface area contributed by atoms with Gasteiger partial charge in [0.25, 0.3) is 0 Å². The molecule has 1 rings (SSSR count). The first kappa shape index (κ1) is 31.7. The molecule has 2 N–H and O–H groups in total. The van der Waals surface area contributed by atoms with Gasteiger partial charge >= 0.3 is 24.2 Å². The maximum absolute atomic E-state index is 12.3. The van der Waals surface area contributed by atoms with Gasteiger partial charge in [-0.1, -0.05) is 46.6 Å². The maximum Gasteiger partial charge on any atom is 0.513 e. The molecule has 0 saturated carbocycles. The van der Waals surface area contributed by atoms with Crippen LogP contribution in [0.1, 0.15) is 59.9 Å². The predicted octanol–water partition coefficient (Wildman–Crippen LogP) is 4.17. The molecule has 1 aromatic carbocycles. The van der Waals surface area contributed by atoms with Crippen molar-refractivity contribution in [3.8, 4) is 11.5 Å². The zero-order valence-electron chi connectivity index (χ0n) is 22.4. The summed E-state index contributed by atoms with van der Waals surface area (Å²) in [6.45, 7) is 10.8. The monoisotopic (exact) mass is 525 g/mol. The summed E-state index contributed by atoms with van der Waals surface area (Å²) < 4.78 is 30.8.